The van der Waals surface area contributed by atoms with E-state index in [9.17, 15) is 9.90 Å². The van der Waals surface area contributed by atoms with E-state index in [0.717, 1.165) is 18.6 Å². The number of benzene rings is 1. The van der Waals surface area contributed by atoms with Gasteiger partial charge in [-0.05, 0) is 48.8 Å². The van der Waals surface area contributed by atoms with Crippen molar-refractivity contribution in [3.8, 4) is 5.75 Å². The van der Waals surface area contributed by atoms with E-state index in [1.165, 1.54) is 11.1 Å². The maximum atomic E-state index is 11.4. The normalized spacial score (nSPS) is 22.4. The number of phenolic OH excluding ortho intramolecular Hbond substituents is 1. The molecule has 2 atom stereocenters. The average molecular weight is 338 g/mol. The molecule has 0 saturated heterocycles. The number of carbonyl (C=O) groups is 1. The molecule has 0 spiro atoms. The van der Waals surface area contributed by atoms with Gasteiger partial charge < -0.3 is 15.6 Å². The van der Waals surface area contributed by atoms with E-state index in [-0.39, 0.29) is 17.4 Å². The Morgan fingerprint density at radius 3 is 2.91 bits per heavy atom. The third kappa shape index (κ3) is 4.21. The first kappa shape index (κ1) is 18.1. The lowest BCUT2D eigenvalue weighted by Gasteiger charge is -2.40. The minimum absolute atomic E-state index is 0.0644. The van der Waals surface area contributed by atoms with Crippen LogP contribution in [0.3, 0.4) is 0 Å². The molecular formula is C18H28NO3S+. The smallest absolute Gasteiger partial charge is 0.305 e. The van der Waals surface area contributed by atoms with Crippen LogP contribution in [-0.2, 0) is 21.4 Å². The van der Waals surface area contributed by atoms with Crippen LogP contribution in [0.5, 0.6) is 5.75 Å². The number of esters is 1. The van der Waals surface area contributed by atoms with Crippen LogP contribution in [-0.4, -0.2) is 34.7 Å². The molecule has 1 aromatic carbocycles. The summed E-state index contributed by atoms with van der Waals surface area (Å²) in [4.78, 5) is 11.4. The van der Waals surface area contributed by atoms with Crippen LogP contribution >= 0.6 is 11.8 Å². The van der Waals surface area contributed by atoms with E-state index in [1.54, 1.807) is 6.07 Å². The van der Waals surface area contributed by atoms with Crippen LogP contribution in [0, 0.1) is 0 Å². The van der Waals surface area contributed by atoms with Gasteiger partial charge in [-0.3, -0.25) is 4.79 Å². The van der Waals surface area contributed by atoms with Gasteiger partial charge in [0.15, 0.2) is 0 Å². The lowest BCUT2D eigenvalue weighted by Crippen LogP contribution is -2.74. The third-order valence-corrected chi connectivity index (χ3v) is 6.19. The summed E-state index contributed by atoms with van der Waals surface area (Å²) in [6.07, 6.45) is 2.30. The largest absolute Gasteiger partial charge is 0.508 e. The molecule has 23 heavy (non-hydrogen) atoms. The second-order valence-electron chi connectivity index (χ2n) is 6.69. The Kier molecular flexibility index (Phi) is 5.98. The Balaban J connectivity index is 1.97. The molecule has 0 fully saturated rings. The van der Waals surface area contributed by atoms with Crippen LogP contribution in [0.25, 0.3) is 0 Å². The second-order valence-corrected chi connectivity index (χ2v) is 8.04. The Labute approximate surface area is 142 Å². The number of aromatic hydroxyl groups is 1. The molecule has 128 valence electrons. The number of carbonyl (C=O) groups excluding carboxylic acids is 1. The van der Waals surface area contributed by atoms with E-state index < -0.39 is 0 Å². The highest BCUT2D eigenvalue weighted by Crippen LogP contribution is 2.40. The predicted molar refractivity (Wildman–Crippen MR) is 93.6 cm³/mol. The number of hydrogen-bond donors (Lipinski definition) is 2. The number of rotatable bonds is 6. The summed E-state index contributed by atoms with van der Waals surface area (Å²) < 4.78 is 4.96. The van der Waals surface area contributed by atoms with Crippen LogP contribution in [0.4, 0.5) is 0 Å². The van der Waals surface area contributed by atoms with Crippen molar-refractivity contribution in [2.45, 2.75) is 56.7 Å². The quantitative estimate of drug-likeness (QED) is 0.616. The second kappa shape index (κ2) is 7.58. The highest BCUT2D eigenvalue weighted by Gasteiger charge is 2.43. The molecule has 0 bridgehead atoms. The predicted octanol–water partition coefficient (Wildman–Crippen LogP) is 2.28. The molecule has 5 heteroatoms. The zero-order valence-corrected chi connectivity index (χ0v) is 15.1. The maximum absolute atomic E-state index is 11.4. The molecule has 1 aliphatic carbocycles. The van der Waals surface area contributed by atoms with Gasteiger partial charge in [0.05, 0.1) is 11.9 Å². The van der Waals surface area contributed by atoms with Crippen molar-refractivity contribution in [2.24, 2.45) is 0 Å². The standard InChI is InChI=1S/C18H27NO3S/c1-4-22-16(21)6-5-9-23-15-10-12-7-8-13(20)11-14(12)18(2,3)17(15)19/h7-8,11,15,17,20H,4-6,9-10,19H2,1-3H3/p+1. The Bertz CT molecular complexity index is 559. The van der Waals surface area contributed by atoms with Gasteiger partial charge in [0, 0.05) is 11.8 Å². The molecule has 2 rings (SSSR count). The maximum Gasteiger partial charge on any atom is 0.305 e. The van der Waals surface area contributed by atoms with E-state index in [1.807, 2.05) is 30.8 Å². The van der Waals surface area contributed by atoms with Gasteiger partial charge in [0.2, 0.25) is 0 Å². The number of phenols is 1. The molecule has 0 amide bonds. The van der Waals surface area contributed by atoms with Crippen LogP contribution < -0.4 is 5.73 Å². The summed E-state index contributed by atoms with van der Waals surface area (Å²) in [6, 6.07) is 5.95. The molecule has 4 nitrogen and oxygen atoms in total. The molecule has 2 unspecified atom stereocenters. The molecule has 0 saturated carbocycles. The highest BCUT2D eigenvalue weighted by molar-refractivity contribution is 7.99. The Hall–Kier alpha value is -1.20. The molecule has 4 N–H and O–H groups in total. The van der Waals surface area contributed by atoms with Gasteiger partial charge in [0.25, 0.3) is 0 Å². The number of ether oxygens (including phenoxy) is 1. The molecule has 0 heterocycles. The molecular weight excluding hydrogens is 310 g/mol. The highest BCUT2D eigenvalue weighted by atomic mass is 32.2. The molecule has 0 aromatic heterocycles. The van der Waals surface area contributed by atoms with E-state index >= 15 is 0 Å². The fourth-order valence-corrected chi connectivity index (χ4v) is 4.71. The first-order valence-electron chi connectivity index (χ1n) is 8.29. The number of hydrogen-bond acceptors (Lipinski definition) is 4. The van der Waals surface area contributed by atoms with Gasteiger partial charge in [-0.15, -0.1) is 0 Å². The summed E-state index contributed by atoms with van der Waals surface area (Å²) in [5, 5.41) is 10.2. The van der Waals surface area contributed by atoms with E-state index in [4.69, 9.17) is 4.74 Å². The lowest BCUT2D eigenvalue weighted by atomic mass is 9.69. The Morgan fingerprint density at radius 2 is 2.22 bits per heavy atom. The van der Waals surface area contributed by atoms with Crippen LogP contribution in [0.15, 0.2) is 18.2 Å². The van der Waals surface area contributed by atoms with Crippen molar-refractivity contribution < 1.29 is 20.4 Å². The molecule has 0 aliphatic heterocycles. The van der Waals surface area contributed by atoms with Gasteiger partial charge in [0.1, 0.15) is 11.8 Å². The summed E-state index contributed by atoms with van der Waals surface area (Å²) in [6.45, 7) is 6.69. The molecule has 1 aliphatic rings. The first-order chi connectivity index (χ1) is 10.9. The molecule has 1 aromatic rings. The monoisotopic (exact) mass is 338 g/mol. The Morgan fingerprint density at radius 1 is 1.48 bits per heavy atom. The van der Waals surface area contributed by atoms with Crippen molar-refractivity contribution in [2.75, 3.05) is 12.4 Å². The van der Waals surface area contributed by atoms with Crippen molar-refractivity contribution in [3.63, 3.8) is 0 Å². The zero-order valence-electron chi connectivity index (χ0n) is 14.3. The van der Waals surface area contributed by atoms with Crippen molar-refractivity contribution in [1.82, 2.24) is 0 Å². The fourth-order valence-electron chi connectivity index (χ4n) is 3.23. The minimum Gasteiger partial charge on any atom is -0.508 e. The topological polar surface area (TPSA) is 74.2 Å². The minimum atomic E-state index is -0.107. The third-order valence-electron chi connectivity index (χ3n) is 4.75. The summed E-state index contributed by atoms with van der Waals surface area (Å²) >= 11 is 1.90. The van der Waals surface area contributed by atoms with Crippen LogP contribution in [0.2, 0.25) is 0 Å². The number of thioether (sulfide) groups is 1. The first-order valence-corrected chi connectivity index (χ1v) is 9.33. The summed E-state index contributed by atoms with van der Waals surface area (Å²) in [5.74, 6) is 1.16. The van der Waals surface area contributed by atoms with Gasteiger partial charge >= 0.3 is 5.97 Å². The molecule has 0 radical (unpaired) electrons. The van der Waals surface area contributed by atoms with Crippen LogP contribution in [0.1, 0.15) is 44.7 Å². The number of fused-ring (bicyclic) bond motifs is 1. The fraction of sp³-hybridized carbons (Fsp3) is 0.611. The van der Waals surface area contributed by atoms with Gasteiger partial charge in [-0.1, -0.05) is 19.9 Å². The van der Waals surface area contributed by atoms with Gasteiger partial charge in [-0.25, -0.2) is 0 Å². The summed E-state index contributed by atoms with van der Waals surface area (Å²) in [7, 11) is 0. The van der Waals surface area contributed by atoms with E-state index in [0.29, 0.717) is 24.0 Å². The van der Waals surface area contributed by atoms with E-state index in [2.05, 4.69) is 19.6 Å². The SMILES string of the molecule is CCOC(=O)CCCSC1Cc2ccc(O)cc2C(C)(C)C1[NH3+]. The van der Waals surface area contributed by atoms with Gasteiger partial charge in [-0.2, -0.15) is 11.8 Å². The average Bonchev–Trinajstić information content (AvgIpc) is 2.50. The van der Waals surface area contributed by atoms with Crippen molar-refractivity contribution >= 4 is 17.7 Å². The summed E-state index contributed by atoms with van der Waals surface area (Å²) in [5.41, 5.74) is 6.86. The zero-order chi connectivity index (χ0) is 17.0. The van der Waals surface area contributed by atoms with Crippen molar-refractivity contribution in [1.29, 1.82) is 0 Å². The lowest BCUT2D eigenvalue weighted by molar-refractivity contribution is -0.435. The number of quaternary nitrogens is 1. The van der Waals surface area contributed by atoms with Crippen molar-refractivity contribution in [3.05, 3.63) is 29.3 Å².